The molecule has 0 radical (unpaired) electrons. The monoisotopic (exact) mass is 357 g/mol. The van der Waals surface area contributed by atoms with Crippen LogP contribution in [0.25, 0.3) is 6.08 Å². The Balaban J connectivity index is 1.41. The Morgan fingerprint density at radius 1 is 1.12 bits per heavy atom. The standard InChI is InChI=1S/C19H16FNO5/c20-15-6-13(19-14(7-15)9-23-10-26-19)2-4-18(22)21-8-12-1-3-16-17(5-12)25-11-24-16/h1-7H,8-11H2,(H,21,22)/b4-2+. The summed E-state index contributed by atoms with van der Waals surface area (Å²) < 4.78 is 34.8. The van der Waals surface area contributed by atoms with E-state index in [1.807, 2.05) is 12.1 Å². The number of amides is 1. The average molecular weight is 357 g/mol. The van der Waals surface area contributed by atoms with Crippen molar-refractivity contribution in [3.8, 4) is 17.2 Å². The second kappa shape index (κ2) is 7.05. The molecule has 26 heavy (non-hydrogen) atoms. The number of ether oxygens (including phenoxy) is 4. The summed E-state index contributed by atoms with van der Waals surface area (Å²) in [5.74, 6) is 1.20. The van der Waals surface area contributed by atoms with Crippen LogP contribution in [0.4, 0.5) is 4.39 Å². The van der Waals surface area contributed by atoms with Crippen molar-refractivity contribution in [3.05, 3.63) is 58.9 Å². The molecule has 4 rings (SSSR count). The van der Waals surface area contributed by atoms with Crippen molar-refractivity contribution in [2.24, 2.45) is 0 Å². The van der Waals surface area contributed by atoms with Crippen LogP contribution in [0.2, 0.25) is 0 Å². The van der Waals surface area contributed by atoms with Crippen LogP contribution < -0.4 is 19.5 Å². The Hall–Kier alpha value is -3.06. The van der Waals surface area contributed by atoms with Crippen LogP contribution in [-0.4, -0.2) is 19.5 Å². The van der Waals surface area contributed by atoms with E-state index in [0.29, 0.717) is 34.9 Å². The van der Waals surface area contributed by atoms with Crippen LogP contribution in [0.5, 0.6) is 17.2 Å². The lowest BCUT2D eigenvalue weighted by molar-refractivity contribution is -0.116. The molecule has 0 aliphatic carbocycles. The third kappa shape index (κ3) is 3.48. The first-order chi connectivity index (χ1) is 12.7. The van der Waals surface area contributed by atoms with Crippen LogP contribution in [0.3, 0.4) is 0 Å². The second-order valence-corrected chi connectivity index (χ2v) is 5.83. The minimum atomic E-state index is -0.404. The van der Waals surface area contributed by atoms with Crippen molar-refractivity contribution in [1.29, 1.82) is 0 Å². The van der Waals surface area contributed by atoms with Gasteiger partial charge in [0.15, 0.2) is 18.3 Å². The predicted octanol–water partition coefficient (Wildman–Crippen LogP) is 2.75. The van der Waals surface area contributed by atoms with E-state index in [1.165, 1.54) is 24.3 Å². The Morgan fingerprint density at radius 3 is 2.92 bits per heavy atom. The van der Waals surface area contributed by atoms with E-state index in [-0.39, 0.29) is 26.1 Å². The molecule has 1 N–H and O–H groups in total. The summed E-state index contributed by atoms with van der Waals surface area (Å²) in [5.41, 5.74) is 2.01. The van der Waals surface area contributed by atoms with Crippen molar-refractivity contribution in [2.45, 2.75) is 13.2 Å². The molecule has 1 amide bonds. The Labute approximate surface area is 149 Å². The molecule has 2 heterocycles. The molecule has 0 atom stereocenters. The van der Waals surface area contributed by atoms with Gasteiger partial charge in [-0.15, -0.1) is 0 Å². The summed E-state index contributed by atoms with van der Waals surface area (Å²) >= 11 is 0. The van der Waals surface area contributed by atoms with E-state index >= 15 is 0 Å². The van der Waals surface area contributed by atoms with Crippen LogP contribution in [0.1, 0.15) is 16.7 Å². The van der Waals surface area contributed by atoms with Gasteiger partial charge in [0.05, 0.1) is 6.61 Å². The van der Waals surface area contributed by atoms with Crippen molar-refractivity contribution >= 4 is 12.0 Å². The van der Waals surface area contributed by atoms with E-state index in [1.54, 1.807) is 6.07 Å². The molecule has 2 aliphatic heterocycles. The lowest BCUT2D eigenvalue weighted by atomic mass is 10.1. The zero-order valence-corrected chi connectivity index (χ0v) is 13.8. The SMILES string of the molecule is O=C(/C=C/c1cc(F)cc2c1OCOC2)NCc1ccc2c(c1)OCO2. The maximum Gasteiger partial charge on any atom is 0.244 e. The van der Waals surface area contributed by atoms with E-state index < -0.39 is 5.82 Å². The van der Waals surface area contributed by atoms with Gasteiger partial charge in [0.25, 0.3) is 0 Å². The number of halogens is 1. The molecule has 6 nitrogen and oxygen atoms in total. The van der Waals surface area contributed by atoms with Crippen LogP contribution in [0, 0.1) is 5.82 Å². The van der Waals surface area contributed by atoms with Gasteiger partial charge in [0, 0.05) is 23.7 Å². The average Bonchev–Trinajstić information content (AvgIpc) is 3.12. The van der Waals surface area contributed by atoms with Gasteiger partial charge in [0.2, 0.25) is 12.7 Å². The summed E-state index contributed by atoms with van der Waals surface area (Å²) in [5, 5.41) is 2.77. The summed E-state index contributed by atoms with van der Waals surface area (Å²) in [6.45, 7) is 0.935. The Morgan fingerprint density at radius 2 is 2.00 bits per heavy atom. The van der Waals surface area contributed by atoms with Gasteiger partial charge in [-0.25, -0.2) is 4.39 Å². The van der Waals surface area contributed by atoms with E-state index in [2.05, 4.69) is 5.32 Å². The number of carbonyl (C=O) groups is 1. The first-order valence-corrected chi connectivity index (χ1v) is 8.06. The highest BCUT2D eigenvalue weighted by molar-refractivity contribution is 5.92. The zero-order chi connectivity index (χ0) is 17.9. The second-order valence-electron chi connectivity index (χ2n) is 5.83. The molecule has 2 aromatic rings. The Bertz CT molecular complexity index is 880. The largest absolute Gasteiger partial charge is 0.467 e. The number of carbonyl (C=O) groups excluding carboxylic acids is 1. The van der Waals surface area contributed by atoms with E-state index in [0.717, 1.165) is 5.56 Å². The van der Waals surface area contributed by atoms with Gasteiger partial charge in [-0.05, 0) is 35.9 Å². The first kappa shape index (κ1) is 16.4. The molecule has 0 aromatic heterocycles. The van der Waals surface area contributed by atoms with Gasteiger partial charge in [0.1, 0.15) is 11.6 Å². The summed E-state index contributed by atoms with van der Waals surface area (Å²) in [6.07, 6.45) is 2.88. The van der Waals surface area contributed by atoms with Crippen LogP contribution in [0.15, 0.2) is 36.4 Å². The molecule has 0 spiro atoms. The van der Waals surface area contributed by atoms with Crippen molar-refractivity contribution in [1.82, 2.24) is 5.32 Å². The third-order valence-corrected chi connectivity index (χ3v) is 4.02. The number of benzene rings is 2. The quantitative estimate of drug-likeness (QED) is 0.853. The zero-order valence-electron chi connectivity index (χ0n) is 13.8. The van der Waals surface area contributed by atoms with Crippen molar-refractivity contribution in [3.63, 3.8) is 0 Å². The van der Waals surface area contributed by atoms with E-state index in [9.17, 15) is 9.18 Å². The van der Waals surface area contributed by atoms with Crippen molar-refractivity contribution in [2.75, 3.05) is 13.6 Å². The molecular weight excluding hydrogens is 341 g/mol. The number of hydrogen-bond acceptors (Lipinski definition) is 5. The smallest absolute Gasteiger partial charge is 0.244 e. The number of hydrogen-bond donors (Lipinski definition) is 1. The lowest BCUT2D eigenvalue weighted by Crippen LogP contribution is -2.20. The molecule has 7 heteroatoms. The van der Waals surface area contributed by atoms with Gasteiger partial charge in [-0.2, -0.15) is 0 Å². The highest BCUT2D eigenvalue weighted by Gasteiger charge is 2.16. The maximum absolute atomic E-state index is 13.7. The fourth-order valence-corrected chi connectivity index (χ4v) is 2.80. The summed E-state index contributed by atoms with van der Waals surface area (Å²) in [7, 11) is 0. The molecule has 134 valence electrons. The summed E-state index contributed by atoms with van der Waals surface area (Å²) in [6, 6.07) is 8.17. The molecule has 2 aromatic carbocycles. The number of rotatable bonds is 4. The summed E-state index contributed by atoms with van der Waals surface area (Å²) in [4.78, 5) is 12.1. The normalized spacial score (nSPS) is 14.8. The minimum absolute atomic E-state index is 0.107. The molecule has 0 unspecified atom stereocenters. The minimum Gasteiger partial charge on any atom is -0.467 e. The molecule has 0 saturated carbocycles. The molecule has 0 bridgehead atoms. The highest BCUT2D eigenvalue weighted by Crippen LogP contribution is 2.32. The number of fused-ring (bicyclic) bond motifs is 2. The van der Waals surface area contributed by atoms with Gasteiger partial charge in [-0.1, -0.05) is 6.07 Å². The lowest BCUT2D eigenvalue weighted by Gasteiger charge is -2.19. The fourth-order valence-electron chi connectivity index (χ4n) is 2.80. The van der Waals surface area contributed by atoms with Crippen molar-refractivity contribution < 1.29 is 28.1 Å². The maximum atomic E-state index is 13.7. The third-order valence-electron chi connectivity index (χ3n) is 4.02. The number of nitrogens with one attached hydrogen (secondary N) is 1. The van der Waals surface area contributed by atoms with Gasteiger partial charge >= 0.3 is 0 Å². The first-order valence-electron chi connectivity index (χ1n) is 8.06. The van der Waals surface area contributed by atoms with E-state index in [4.69, 9.17) is 18.9 Å². The molecule has 0 saturated heterocycles. The predicted molar refractivity (Wildman–Crippen MR) is 90.1 cm³/mol. The molecule has 2 aliphatic rings. The molecular formula is C19H16FNO5. The van der Waals surface area contributed by atoms with Gasteiger partial charge < -0.3 is 24.3 Å². The molecule has 0 fully saturated rings. The van der Waals surface area contributed by atoms with Crippen LogP contribution >= 0.6 is 0 Å². The van der Waals surface area contributed by atoms with Gasteiger partial charge in [-0.3, -0.25) is 4.79 Å². The fraction of sp³-hybridized carbons (Fsp3) is 0.211. The topological polar surface area (TPSA) is 66.0 Å². The van der Waals surface area contributed by atoms with Crippen LogP contribution in [-0.2, 0) is 22.7 Å². The highest BCUT2D eigenvalue weighted by atomic mass is 19.1. The Kier molecular flexibility index (Phi) is 4.45.